The van der Waals surface area contributed by atoms with E-state index in [4.69, 9.17) is 9.26 Å². The number of carbonyl (C=O) groups is 1. The molecule has 4 rings (SSSR count). The maximum Gasteiger partial charge on any atom is 0.273 e. The maximum absolute atomic E-state index is 13.1. The highest BCUT2D eigenvalue weighted by Gasteiger charge is 2.59. The minimum Gasteiger partial charge on any atom is -0.405 e. The third kappa shape index (κ3) is 5.27. The van der Waals surface area contributed by atoms with Crippen LogP contribution in [-0.2, 0) is 14.1 Å². The molecule has 0 bridgehead atoms. The van der Waals surface area contributed by atoms with Gasteiger partial charge in [-0.2, -0.15) is 0 Å². The molecule has 0 aromatic heterocycles. The summed E-state index contributed by atoms with van der Waals surface area (Å²) in [5, 5.41) is 1.34. The number of fused-ring (bicyclic) bond motifs is 4. The fraction of sp³-hybridized carbons (Fsp3) is 0.853. The van der Waals surface area contributed by atoms with E-state index in [0.29, 0.717) is 28.1 Å². The lowest BCUT2D eigenvalue weighted by atomic mass is 9.42. The molecule has 7 atom stereocenters. The fourth-order valence-corrected chi connectivity index (χ4v) is 11.2. The third-order valence-corrected chi connectivity index (χ3v) is 12.8. The smallest absolute Gasteiger partial charge is 0.273 e. The van der Waals surface area contributed by atoms with Crippen molar-refractivity contribution in [2.45, 2.75) is 126 Å². The Kier molecular flexibility index (Phi) is 8.54. The Morgan fingerprint density at radius 3 is 2.36 bits per heavy atom. The first-order valence-corrected chi connectivity index (χ1v) is 18.1. The number of rotatable bonds is 7. The molecule has 4 aliphatic rings. The molecule has 1 unspecified atom stereocenters. The molecule has 1 radical (unpaired) electrons. The van der Waals surface area contributed by atoms with Crippen molar-refractivity contribution in [2.24, 2.45) is 45.3 Å². The number of allylic oxidation sites excluding steroid dienone is 4. The van der Waals surface area contributed by atoms with Crippen LogP contribution in [0.4, 0.5) is 0 Å². The molecule has 0 saturated heterocycles. The number of carbonyl (C=O) groups excluding carboxylic acids is 1. The van der Waals surface area contributed by atoms with Gasteiger partial charge in [-0.3, -0.25) is 9.63 Å². The van der Waals surface area contributed by atoms with Crippen LogP contribution >= 0.6 is 0 Å². The number of hydrogen-bond donors (Lipinski definition) is 0. The number of amides is 1. The average molecular weight is 557 g/mol. The lowest BCUT2D eigenvalue weighted by molar-refractivity contribution is -0.177. The molecular formula is C34H58NO3Si. The molecule has 1 amide bonds. The Labute approximate surface area is 242 Å². The van der Waals surface area contributed by atoms with Crippen LogP contribution in [0.3, 0.4) is 0 Å². The first-order valence-electron chi connectivity index (χ1n) is 15.7. The summed E-state index contributed by atoms with van der Waals surface area (Å²) in [6, 6.07) is 0. The molecule has 4 nitrogen and oxygen atoms in total. The molecule has 5 heteroatoms. The van der Waals surface area contributed by atoms with E-state index in [0.717, 1.165) is 24.7 Å². The topological polar surface area (TPSA) is 38.8 Å². The average Bonchev–Trinajstić information content (AvgIpc) is 3.18. The van der Waals surface area contributed by atoms with E-state index in [1.807, 2.05) is 5.57 Å². The third-order valence-electron chi connectivity index (χ3n) is 12.0. The normalized spacial score (nSPS) is 35.6. The van der Waals surface area contributed by atoms with Crippen molar-refractivity contribution in [1.82, 2.24) is 5.06 Å². The monoisotopic (exact) mass is 556 g/mol. The maximum atomic E-state index is 13.1. The van der Waals surface area contributed by atoms with Crippen LogP contribution in [0, 0.1) is 45.3 Å². The predicted molar refractivity (Wildman–Crippen MR) is 163 cm³/mol. The fourth-order valence-electron chi connectivity index (χ4n) is 10.4. The Morgan fingerprint density at radius 1 is 1.10 bits per heavy atom. The summed E-state index contributed by atoms with van der Waals surface area (Å²) in [4.78, 5) is 18.3. The van der Waals surface area contributed by atoms with E-state index >= 15 is 0 Å². The van der Waals surface area contributed by atoms with Crippen LogP contribution in [-0.4, -0.2) is 40.3 Å². The van der Waals surface area contributed by atoms with E-state index in [9.17, 15) is 4.79 Å². The number of hydrogen-bond acceptors (Lipinski definition) is 3. The van der Waals surface area contributed by atoms with Gasteiger partial charge in [0.2, 0.25) is 9.04 Å². The molecule has 0 aliphatic heterocycles. The molecular weight excluding hydrogens is 498 g/mol. The molecule has 39 heavy (non-hydrogen) atoms. The molecule has 4 aliphatic carbocycles. The van der Waals surface area contributed by atoms with Crippen LogP contribution in [0.25, 0.3) is 0 Å². The summed E-state index contributed by atoms with van der Waals surface area (Å²) >= 11 is 0. The van der Waals surface area contributed by atoms with Gasteiger partial charge in [-0.25, -0.2) is 5.06 Å². The van der Waals surface area contributed by atoms with E-state index in [1.54, 1.807) is 25.3 Å². The molecule has 0 aromatic rings. The molecule has 0 aromatic carbocycles. The van der Waals surface area contributed by atoms with Crippen LogP contribution in [0.15, 0.2) is 22.8 Å². The van der Waals surface area contributed by atoms with Crippen LogP contribution in [0.2, 0.25) is 13.1 Å². The first kappa shape index (κ1) is 31.0. The van der Waals surface area contributed by atoms with Crippen molar-refractivity contribution in [2.75, 3.05) is 14.2 Å². The van der Waals surface area contributed by atoms with Crippen molar-refractivity contribution in [1.29, 1.82) is 0 Å². The van der Waals surface area contributed by atoms with Crippen LogP contribution in [0.1, 0.15) is 107 Å². The highest BCUT2D eigenvalue weighted by molar-refractivity contribution is 6.48. The minimum atomic E-state index is -1.00. The van der Waals surface area contributed by atoms with Crippen LogP contribution in [0.5, 0.6) is 0 Å². The van der Waals surface area contributed by atoms with E-state index in [1.165, 1.54) is 43.6 Å². The predicted octanol–water partition coefficient (Wildman–Crippen LogP) is 8.61. The standard InChI is InChI=1S/C34H58NO3Si/c1-22(21-27(38-39(11)12)30(36)35(9)37-10)24-14-15-25-23-13-16-29-32(5,6)28(31(2,3)4)18-20-34(29,8)26(23)17-19-33(24,25)7/h15,22,24,27-29H,13-14,16-21H2,1-12H3/t22-,24-,27?,28-,29+,33-,34-/m1/s1. The highest BCUT2D eigenvalue weighted by Crippen LogP contribution is 2.69. The summed E-state index contributed by atoms with van der Waals surface area (Å²) in [6.45, 7) is 24.3. The zero-order valence-corrected chi connectivity index (χ0v) is 28.3. The van der Waals surface area contributed by atoms with Crippen molar-refractivity contribution < 1.29 is 14.1 Å². The summed E-state index contributed by atoms with van der Waals surface area (Å²) in [5.41, 5.74) is 6.48. The van der Waals surface area contributed by atoms with Crippen LogP contribution < -0.4 is 0 Å². The lowest BCUT2D eigenvalue weighted by Gasteiger charge is -2.62. The number of hydroxylamine groups is 2. The summed E-state index contributed by atoms with van der Waals surface area (Å²) in [6.07, 6.45) is 11.8. The lowest BCUT2D eigenvalue weighted by Crippen LogP contribution is -2.53. The van der Waals surface area contributed by atoms with Crippen molar-refractivity contribution in [3.8, 4) is 0 Å². The second-order valence-corrected chi connectivity index (χ2v) is 17.9. The molecule has 1 saturated carbocycles. The molecule has 221 valence electrons. The van der Waals surface area contributed by atoms with Gasteiger partial charge in [0.05, 0.1) is 7.11 Å². The molecule has 0 heterocycles. The first-order chi connectivity index (χ1) is 18.0. The zero-order valence-electron chi connectivity index (χ0n) is 27.3. The molecule has 0 spiro atoms. The van der Waals surface area contributed by atoms with E-state index < -0.39 is 15.1 Å². The molecule has 0 N–H and O–H groups in total. The van der Waals surface area contributed by atoms with Gasteiger partial charge in [-0.05, 0) is 121 Å². The van der Waals surface area contributed by atoms with Gasteiger partial charge < -0.3 is 4.43 Å². The Balaban J connectivity index is 1.58. The zero-order chi connectivity index (χ0) is 29.1. The second-order valence-electron chi connectivity index (χ2n) is 15.9. The van der Waals surface area contributed by atoms with Gasteiger partial charge in [0.1, 0.15) is 6.10 Å². The van der Waals surface area contributed by atoms with Gasteiger partial charge in [0.25, 0.3) is 5.91 Å². The SMILES string of the molecule is CON(C)C(=O)C(C[C@@H](C)[C@H]1CC=C2C3=C(CC[C@@]21C)[C@@]1(C)CC[C@H](C(C)(C)C)C(C)(C)[C@@H]1CC3)O[Si](C)C. The highest BCUT2D eigenvalue weighted by atomic mass is 28.3. The van der Waals surface area contributed by atoms with Gasteiger partial charge in [0, 0.05) is 7.05 Å². The summed E-state index contributed by atoms with van der Waals surface area (Å²) < 4.78 is 6.25. The van der Waals surface area contributed by atoms with Crippen molar-refractivity contribution in [3.63, 3.8) is 0 Å². The van der Waals surface area contributed by atoms with Gasteiger partial charge in [-0.1, -0.05) is 67.0 Å². The largest absolute Gasteiger partial charge is 0.405 e. The van der Waals surface area contributed by atoms with Crippen molar-refractivity contribution in [3.05, 3.63) is 22.8 Å². The van der Waals surface area contributed by atoms with E-state index in [-0.39, 0.29) is 11.3 Å². The van der Waals surface area contributed by atoms with Crippen molar-refractivity contribution >= 4 is 14.9 Å². The summed E-state index contributed by atoms with van der Waals surface area (Å²) in [7, 11) is 2.24. The number of nitrogens with zero attached hydrogens (tertiary/aromatic N) is 1. The Morgan fingerprint density at radius 2 is 1.77 bits per heavy atom. The van der Waals surface area contributed by atoms with E-state index in [2.05, 4.69) is 74.6 Å². The minimum absolute atomic E-state index is 0.0553. The number of likely N-dealkylation sites (N-methyl/N-ethyl adjacent to an activating group) is 1. The van der Waals surface area contributed by atoms with Gasteiger partial charge in [0.15, 0.2) is 0 Å². The molecule has 1 fully saturated rings. The summed E-state index contributed by atoms with van der Waals surface area (Å²) in [5.74, 6) is 2.44. The van der Waals surface area contributed by atoms with Gasteiger partial charge >= 0.3 is 0 Å². The quantitative estimate of drug-likeness (QED) is 0.233. The Bertz CT molecular complexity index is 1010. The second kappa shape index (κ2) is 10.7. The van der Waals surface area contributed by atoms with Gasteiger partial charge in [-0.15, -0.1) is 0 Å². The Hall–Kier alpha value is -0.913.